The topological polar surface area (TPSA) is 116 Å². The quantitative estimate of drug-likeness (QED) is 0.554. The van der Waals surface area contributed by atoms with Crippen molar-refractivity contribution < 1.29 is 29.0 Å². The Morgan fingerprint density at radius 1 is 1.24 bits per heavy atom. The second-order valence-electron chi connectivity index (χ2n) is 8.00. The number of esters is 1. The van der Waals surface area contributed by atoms with E-state index in [4.69, 9.17) is 4.74 Å². The number of hydrogen-bond donors (Lipinski definition) is 2. The molecule has 3 unspecified atom stereocenters. The summed E-state index contributed by atoms with van der Waals surface area (Å²) in [4.78, 5) is 50.9. The lowest BCUT2D eigenvalue weighted by atomic mass is 9.85. The van der Waals surface area contributed by atoms with Gasteiger partial charge in [0.15, 0.2) is 6.04 Å². The van der Waals surface area contributed by atoms with E-state index in [-0.39, 0.29) is 13.2 Å². The molecule has 3 amide bonds. The maximum absolute atomic E-state index is 12.8. The molecule has 1 heterocycles. The molecule has 9 heteroatoms. The van der Waals surface area contributed by atoms with Gasteiger partial charge >= 0.3 is 18.0 Å². The van der Waals surface area contributed by atoms with E-state index in [0.29, 0.717) is 12.3 Å². The largest absolute Gasteiger partial charge is 0.480 e. The van der Waals surface area contributed by atoms with Gasteiger partial charge in [-0.15, -0.1) is 0 Å². The third kappa shape index (κ3) is 5.91. The van der Waals surface area contributed by atoms with Crippen molar-refractivity contribution in [1.29, 1.82) is 0 Å². The number of carbonyl (C=O) groups is 4. The van der Waals surface area contributed by atoms with Gasteiger partial charge in [-0.1, -0.05) is 32.1 Å². The number of imide groups is 1. The van der Waals surface area contributed by atoms with Crippen LogP contribution in [0.1, 0.15) is 58.8 Å². The highest BCUT2D eigenvalue weighted by Gasteiger charge is 2.45. The molecule has 164 valence electrons. The Labute approximate surface area is 171 Å². The van der Waals surface area contributed by atoms with Crippen LogP contribution in [0.25, 0.3) is 0 Å². The van der Waals surface area contributed by atoms with Gasteiger partial charge in [-0.05, 0) is 32.6 Å². The van der Waals surface area contributed by atoms with Gasteiger partial charge in [0.25, 0.3) is 0 Å². The first-order valence-corrected chi connectivity index (χ1v) is 10.5. The molecule has 2 N–H and O–H groups in total. The van der Waals surface area contributed by atoms with Crippen LogP contribution in [0.2, 0.25) is 0 Å². The minimum atomic E-state index is -1.23. The molecule has 0 aromatic heterocycles. The van der Waals surface area contributed by atoms with Crippen molar-refractivity contribution in [3.63, 3.8) is 0 Å². The zero-order valence-electron chi connectivity index (χ0n) is 17.6. The highest BCUT2D eigenvalue weighted by atomic mass is 16.5. The molecular formula is C20H33N3O6. The molecule has 1 saturated heterocycles. The molecule has 1 aliphatic carbocycles. The zero-order chi connectivity index (χ0) is 21.6. The van der Waals surface area contributed by atoms with Crippen LogP contribution in [0.5, 0.6) is 0 Å². The number of likely N-dealkylation sites (N-methyl/N-ethyl adjacent to an activating group) is 1. The number of amides is 3. The fourth-order valence-corrected chi connectivity index (χ4v) is 4.14. The maximum atomic E-state index is 12.8. The Morgan fingerprint density at radius 3 is 2.48 bits per heavy atom. The minimum absolute atomic E-state index is 0.0599. The Bertz CT molecular complexity index is 619. The monoisotopic (exact) mass is 411 g/mol. The lowest BCUT2D eigenvalue weighted by Crippen LogP contribution is -2.54. The second-order valence-corrected chi connectivity index (χ2v) is 8.00. The van der Waals surface area contributed by atoms with E-state index in [1.807, 2.05) is 0 Å². The summed E-state index contributed by atoms with van der Waals surface area (Å²) in [5.41, 5.74) is 0. The molecule has 0 bridgehead atoms. The zero-order valence-corrected chi connectivity index (χ0v) is 17.6. The first-order valence-electron chi connectivity index (χ1n) is 10.5. The van der Waals surface area contributed by atoms with Crippen molar-refractivity contribution in [2.24, 2.45) is 5.92 Å². The number of aliphatic carboxylic acids is 1. The Hall–Kier alpha value is -2.16. The van der Waals surface area contributed by atoms with Gasteiger partial charge in [0, 0.05) is 7.05 Å². The van der Waals surface area contributed by atoms with Gasteiger partial charge in [-0.3, -0.25) is 14.9 Å². The van der Waals surface area contributed by atoms with Gasteiger partial charge in [0.1, 0.15) is 6.04 Å². The third-order valence-corrected chi connectivity index (χ3v) is 5.79. The van der Waals surface area contributed by atoms with Gasteiger partial charge in [0.2, 0.25) is 5.91 Å². The van der Waals surface area contributed by atoms with Crippen LogP contribution in [-0.2, 0) is 19.1 Å². The van der Waals surface area contributed by atoms with Crippen LogP contribution in [-0.4, -0.2) is 77.1 Å². The number of carboxylic acid groups (broad SMARTS) is 1. The SMILES string of the molecule is CCOC(=O)C(CCC1CCCCC1)NC(C)C(=O)N1C(=O)N(C)CC1C(=O)O. The molecule has 0 aromatic carbocycles. The molecule has 3 atom stereocenters. The van der Waals surface area contributed by atoms with Crippen molar-refractivity contribution in [1.82, 2.24) is 15.1 Å². The number of nitrogens with zero attached hydrogens (tertiary/aromatic N) is 2. The predicted molar refractivity (Wildman–Crippen MR) is 105 cm³/mol. The van der Waals surface area contributed by atoms with Crippen molar-refractivity contribution in [2.45, 2.75) is 76.9 Å². The Kier molecular flexibility index (Phi) is 8.43. The number of urea groups is 1. The summed E-state index contributed by atoms with van der Waals surface area (Å²) in [6.45, 7) is 3.44. The normalized spacial score (nSPS) is 22.4. The summed E-state index contributed by atoms with van der Waals surface area (Å²) >= 11 is 0. The van der Waals surface area contributed by atoms with Gasteiger partial charge in [-0.2, -0.15) is 0 Å². The van der Waals surface area contributed by atoms with Crippen LogP contribution in [0, 0.1) is 5.92 Å². The molecule has 0 spiro atoms. The highest BCUT2D eigenvalue weighted by Crippen LogP contribution is 2.28. The highest BCUT2D eigenvalue weighted by molar-refractivity contribution is 6.02. The van der Waals surface area contributed by atoms with Crippen LogP contribution in [0.3, 0.4) is 0 Å². The number of nitrogens with one attached hydrogen (secondary N) is 1. The lowest BCUT2D eigenvalue weighted by Gasteiger charge is -2.27. The minimum Gasteiger partial charge on any atom is -0.480 e. The number of ether oxygens (including phenoxy) is 1. The average Bonchev–Trinajstić information content (AvgIpc) is 3.00. The van der Waals surface area contributed by atoms with E-state index >= 15 is 0 Å². The van der Waals surface area contributed by atoms with Crippen LogP contribution in [0.4, 0.5) is 4.79 Å². The smallest absolute Gasteiger partial charge is 0.328 e. The van der Waals surface area contributed by atoms with Crippen molar-refractivity contribution in [2.75, 3.05) is 20.2 Å². The van der Waals surface area contributed by atoms with Crippen molar-refractivity contribution >= 4 is 23.9 Å². The van der Waals surface area contributed by atoms with Crippen LogP contribution in [0.15, 0.2) is 0 Å². The Balaban J connectivity index is 2.03. The molecule has 1 saturated carbocycles. The summed E-state index contributed by atoms with van der Waals surface area (Å²) in [7, 11) is 1.45. The number of carbonyl (C=O) groups excluding carboxylic acids is 3. The summed E-state index contributed by atoms with van der Waals surface area (Å²) in [6, 6.07) is -3.44. The van der Waals surface area contributed by atoms with Gasteiger partial charge in [0.05, 0.1) is 19.2 Å². The van der Waals surface area contributed by atoms with E-state index < -0.39 is 42.0 Å². The molecule has 2 fully saturated rings. The first-order chi connectivity index (χ1) is 13.8. The van der Waals surface area contributed by atoms with E-state index in [1.54, 1.807) is 13.8 Å². The Morgan fingerprint density at radius 2 is 1.90 bits per heavy atom. The number of hydrogen-bond acceptors (Lipinski definition) is 6. The number of carboxylic acids is 1. The number of rotatable bonds is 9. The van der Waals surface area contributed by atoms with Crippen molar-refractivity contribution in [3.05, 3.63) is 0 Å². The van der Waals surface area contributed by atoms with Crippen molar-refractivity contribution in [3.8, 4) is 0 Å². The third-order valence-electron chi connectivity index (χ3n) is 5.79. The molecule has 2 aliphatic rings. The molecular weight excluding hydrogens is 378 g/mol. The summed E-state index contributed by atoms with van der Waals surface area (Å²) in [5.74, 6) is -1.75. The fourth-order valence-electron chi connectivity index (χ4n) is 4.14. The maximum Gasteiger partial charge on any atom is 0.328 e. The molecule has 29 heavy (non-hydrogen) atoms. The molecule has 1 aliphatic heterocycles. The van der Waals surface area contributed by atoms with E-state index in [2.05, 4.69) is 5.32 Å². The standard InChI is InChI=1S/C20H33N3O6/c1-4-29-19(27)15(11-10-14-8-6-5-7-9-14)21-13(2)17(24)23-16(18(25)26)12-22(3)20(23)28/h13-16,21H,4-12H2,1-3H3,(H,25,26). The van der Waals surface area contributed by atoms with E-state index in [9.17, 15) is 24.3 Å². The van der Waals surface area contributed by atoms with E-state index in [0.717, 1.165) is 24.2 Å². The molecule has 0 radical (unpaired) electrons. The summed E-state index contributed by atoms with van der Waals surface area (Å²) in [6.07, 6.45) is 7.37. The molecule has 2 rings (SSSR count). The van der Waals surface area contributed by atoms with Gasteiger partial charge in [-0.25, -0.2) is 14.5 Å². The predicted octanol–water partition coefficient (Wildman–Crippen LogP) is 1.60. The van der Waals surface area contributed by atoms with Crippen LogP contribution < -0.4 is 5.32 Å². The second kappa shape index (κ2) is 10.6. The lowest BCUT2D eigenvalue weighted by molar-refractivity contribution is -0.148. The first kappa shape index (κ1) is 23.1. The molecule has 9 nitrogen and oxygen atoms in total. The summed E-state index contributed by atoms with van der Waals surface area (Å²) in [5, 5.41) is 12.3. The van der Waals surface area contributed by atoms with Crippen LogP contribution >= 0.6 is 0 Å². The molecule has 0 aromatic rings. The summed E-state index contributed by atoms with van der Waals surface area (Å²) < 4.78 is 5.15. The van der Waals surface area contributed by atoms with E-state index in [1.165, 1.54) is 31.2 Å². The average molecular weight is 411 g/mol. The van der Waals surface area contributed by atoms with Gasteiger partial charge < -0.3 is 14.7 Å². The fraction of sp³-hybridized carbons (Fsp3) is 0.800.